The van der Waals surface area contributed by atoms with Crippen LogP contribution in [0.15, 0.2) is 10.9 Å². The molecule has 0 bridgehead atoms. The number of ether oxygens (including phenoxy) is 1. The maximum absolute atomic E-state index is 11.9. The van der Waals surface area contributed by atoms with E-state index < -0.39 is 5.54 Å². The lowest BCUT2D eigenvalue weighted by atomic mass is 9.96. The first-order valence-electron chi connectivity index (χ1n) is 6.80. The molecule has 6 heteroatoms. The molecule has 0 saturated carbocycles. The van der Waals surface area contributed by atoms with Crippen molar-refractivity contribution >= 4 is 11.8 Å². The van der Waals surface area contributed by atoms with Crippen LogP contribution in [0.1, 0.15) is 52.3 Å². The zero-order valence-corrected chi connectivity index (χ0v) is 12.7. The van der Waals surface area contributed by atoms with Crippen molar-refractivity contribution < 1.29 is 9.53 Å². The number of methoxy groups -OCH3 is 1. The van der Waals surface area contributed by atoms with E-state index in [1.54, 1.807) is 6.92 Å². The topological polar surface area (TPSA) is 84.1 Å². The number of esters is 1. The van der Waals surface area contributed by atoms with Crippen LogP contribution in [0.25, 0.3) is 0 Å². The summed E-state index contributed by atoms with van der Waals surface area (Å²) in [5.41, 5.74) is -1.13. The molecule has 1 aromatic rings. The maximum atomic E-state index is 11.9. The van der Waals surface area contributed by atoms with Gasteiger partial charge in [-0.1, -0.05) is 27.2 Å². The molecule has 0 spiro atoms. The Bertz CT molecular complexity index is 525. The highest BCUT2D eigenvalue weighted by Gasteiger charge is 2.33. The van der Waals surface area contributed by atoms with Gasteiger partial charge in [-0.3, -0.25) is 4.79 Å². The van der Waals surface area contributed by atoms with E-state index in [2.05, 4.69) is 15.3 Å². The van der Waals surface area contributed by atoms with Crippen molar-refractivity contribution in [1.82, 2.24) is 9.97 Å². The Hall–Kier alpha value is -1.85. The maximum Gasteiger partial charge on any atom is 0.331 e. The molecule has 1 unspecified atom stereocenters. The predicted octanol–water partition coefficient (Wildman–Crippen LogP) is 2.04. The van der Waals surface area contributed by atoms with E-state index in [0.29, 0.717) is 18.1 Å². The van der Waals surface area contributed by atoms with E-state index in [-0.39, 0.29) is 17.4 Å². The van der Waals surface area contributed by atoms with E-state index in [1.807, 2.05) is 20.8 Å². The third-order valence-corrected chi connectivity index (χ3v) is 3.10. The minimum absolute atomic E-state index is 0.0972. The third kappa shape index (κ3) is 3.82. The number of nitrogens with zero attached hydrogens (tertiary/aromatic N) is 1. The van der Waals surface area contributed by atoms with Crippen LogP contribution >= 0.6 is 0 Å². The standard InChI is InChI=1S/C14H23N3O3/c1-6-7-14(4,13(19)20-5)17-10-8-11(18)16-12(15-10)9(2)3/h8-9H,6-7H2,1-5H3,(H2,15,16,17,18). The van der Waals surface area contributed by atoms with Gasteiger partial charge >= 0.3 is 5.97 Å². The van der Waals surface area contributed by atoms with Crippen LogP contribution in [0.5, 0.6) is 0 Å². The van der Waals surface area contributed by atoms with Crippen molar-refractivity contribution in [3.63, 3.8) is 0 Å². The van der Waals surface area contributed by atoms with Crippen LogP contribution in [-0.2, 0) is 9.53 Å². The number of H-pyrrole nitrogens is 1. The molecule has 1 heterocycles. The fourth-order valence-electron chi connectivity index (χ4n) is 2.04. The Labute approximate surface area is 119 Å². The quantitative estimate of drug-likeness (QED) is 0.779. The Morgan fingerprint density at radius 3 is 2.70 bits per heavy atom. The van der Waals surface area contributed by atoms with Gasteiger partial charge in [0.2, 0.25) is 0 Å². The lowest BCUT2D eigenvalue weighted by molar-refractivity contribution is -0.145. The highest BCUT2D eigenvalue weighted by Crippen LogP contribution is 2.20. The van der Waals surface area contributed by atoms with Crippen molar-refractivity contribution in [2.75, 3.05) is 12.4 Å². The lowest BCUT2D eigenvalue weighted by Gasteiger charge is -2.28. The molecule has 0 aliphatic rings. The summed E-state index contributed by atoms with van der Waals surface area (Å²) < 4.78 is 4.83. The van der Waals surface area contributed by atoms with Crippen molar-refractivity contribution in [2.45, 2.75) is 52.0 Å². The minimum atomic E-state index is -0.890. The molecule has 1 rings (SSSR count). The van der Waals surface area contributed by atoms with Gasteiger partial charge in [0.05, 0.1) is 7.11 Å². The molecule has 1 aromatic heterocycles. The van der Waals surface area contributed by atoms with Gasteiger partial charge in [-0.25, -0.2) is 9.78 Å². The number of nitrogens with one attached hydrogen (secondary N) is 2. The zero-order valence-electron chi connectivity index (χ0n) is 12.7. The average molecular weight is 281 g/mol. The van der Waals surface area contributed by atoms with Gasteiger partial charge in [0.15, 0.2) is 0 Å². The Morgan fingerprint density at radius 2 is 2.20 bits per heavy atom. The van der Waals surface area contributed by atoms with Gasteiger partial charge < -0.3 is 15.0 Å². The number of carbonyl (C=O) groups excluding carboxylic acids is 1. The van der Waals surface area contributed by atoms with E-state index >= 15 is 0 Å². The summed E-state index contributed by atoms with van der Waals surface area (Å²) in [6.07, 6.45) is 1.39. The fourth-order valence-corrected chi connectivity index (χ4v) is 2.04. The molecule has 0 aliphatic heterocycles. The largest absolute Gasteiger partial charge is 0.467 e. The molecule has 0 aliphatic carbocycles. The van der Waals surface area contributed by atoms with E-state index in [0.717, 1.165) is 6.42 Å². The Morgan fingerprint density at radius 1 is 1.55 bits per heavy atom. The summed E-state index contributed by atoms with van der Waals surface area (Å²) in [7, 11) is 1.35. The van der Waals surface area contributed by atoms with Crippen LogP contribution in [0.4, 0.5) is 5.82 Å². The lowest BCUT2D eigenvalue weighted by Crippen LogP contribution is -2.44. The molecule has 6 nitrogen and oxygen atoms in total. The summed E-state index contributed by atoms with van der Waals surface area (Å²) in [6.45, 7) is 7.61. The molecule has 112 valence electrons. The first kappa shape index (κ1) is 16.2. The predicted molar refractivity (Wildman–Crippen MR) is 77.9 cm³/mol. The van der Waals surface area contributed by atoms with Crippen LogP contribution < -0.4 is 10.9 Å². The first-order valence-corrected chi connectivity index (χ1v) is 6.80. The number of aromatic amines is 1. The van der Waals surface area contributed by atoms with Crippen molar-refractivity contribution in [2.24, 2.45) is 0 Å². The van der Waals surface area contributed by atoms with Crippen LogP contribution in [0.3, 0.4) is 0 Å². The van der Waals surface area contributed by atoms with Gasteiger partial charge in [0.1, 0.15) is 17.2 Å². The highest BCUT2D eigenvalue weighted by molar-refractivity contribution is 5.83. The van der Waals surface area contributed by atoms with E-state index in [9.17, 15) is 9.59 Å². The fraction of sp³-hybridized carbons (Fsp3) is 0.643. The van der Waals surface area contributed by atoms with Gasteiger partial charge in [-0.2, -0.15) is 0 Å². The SMILES string of the molecule is CCCC(C)(Nc1cc(=O)[nH]c(C(C)C)n1)C(=O)OC. The summed E-state index contributed by atoms with van der Waals surface area (Å²) >= 11 is 0. The van der Waals surface area contributed by atoms with E-state index in [4.69, 9.17) is 4.74 Å². The molecular weight excluding hydrogens is 258 g/mol. The van der Waals surface area contributed by atoms with Crippen molar-refractivity contribution in [3.8, 4) is 0 Å². The highest BCUT2D eigenvalue weighted by atomic mass is 16.5. The number of rotatable bonds is 6. The van der Waals surface area contributed by atoms with Crippen LogP contribution in [0, 0.1) is 0 Å². The Kier molecular flexibility index (Phi) is 5.30. The molecular formula is C14H23N3O3. The zero-order chi connectivity index (χ0) is 15.3. The van der Waals surface area contributed by atoms with Gasteiger partial charge in [0.25, 0.3) is 5.56 Å². The number of carbonyl (C=O) groups is 1. The number of aromatic nitrogens is 2. The molecule has 0 amide bonds. The monoisotopic (exact) mass is 281 g/mol. The summed E-state index contributed by atoms with van der Waals surface area (Å²) in [5.74, 6) is 0.704. The third-order valence-electron chi connectivity index (χ3n) is 3.10. The van der Waals surface area contributed by atoms with Crippen LogP contribution in [-0.4, -0.2) is 28.6 Å². The molecule has 1 atom stereocenters. The molecule has 0 saturated heterocycles. The smallest absolute Gasteiger partial charge is 0.331 e. The van der Waals surface area contributed by atoms with E-state index in [1.165, 1.54) is 13.2 Å². The minimum Gasteiger partial charge on any atom is -0.467 e. The average Bonchev–Trinajstić information content (AvgIpc) is 2.37. The second-order valence-corrected chi connectivity index (χ2v) is 5.37. The Balaban J connectivity index is 3.11. The first-order chi connectivity index (χ1) is 9.32. The summed E-state index contributed by atoms with van der Waals surface area (Å²) in [5, 5.41) is 3.04. The molecule has 20 heavy (non-hydrogen) atoms. The summed E-state index contributed by atoms with van der Waals surface area (Å²) in [6, 6.07) is 1.35. The van der Waals surface area contributed by atoms with Crippen molar-refractivity contribution in [3.05, 3.63) is 22.2 Å². The molecule has 2 N–H and O–H groups in total. The molecule has 0 fully saturated rings. The van der Waals surface area contributed by atoms with Gasteiger partial charge in [0, 0.05) is 12.0 Å². The van der Waals surface area contributed by atoms with Gasteiger partial charge in [-0.05, 0) is 13.3 Å². The second-order valence-electron chi connectivity index (χ2n) is 5.37. The van der Waals surface area contributed by atoms with Crippen molar-refractivity contribution in [1.29, 1.82) is 0 Å². The van der Waals surface area contributed by atoms with Crippen LogP contribution in [0.2, 0.25) is 0 Å². The number of hydrogen-bond donors (Lipinski definition) is 2. The summed E-state index contributed by atoms with van der Waals surface area (Å²) in [4.78, 5) is 30.6. The normalized spacial score (nSPS) is 13.9. The molecule has 0 radical (unpaired) electrons. The molecule has 0 aromatic carbocycles. The second kappa shape index (κ2) is 6.54. The number of anilines is 1. The van der Waals surface area contributed by atoms with Gasteiger partial charge in [-0.15, -0.1) is 0 Å². The number of hydrogen-bond acceptors (Lipinski definition) is 5.